The molecule has 144 valence electrons. The number of nitrogens with one attached hydrogen (secondary N) is 1. The molecule has 1 fully saturated rings. The van der Waals surface area contributed by atoms with Gasteiger partial charge in [0.15, 0.2) is 0 Å². The number of likely N-dealkylation sites (N-methyl/N-ethyl adjacent to an activating group) is 1. The summed E-state index contributed by atoms with van der Waals surface area (Å²) in [5, 5.41) is 3.04. The first-order chi connectivity index (χ1) is 13.0. The summed E-state index contributed by atoms with van der Waals surface area (Å²) in [5.74, 6) is 0.386. The summed E-state index contributed by atoms with van der Waals surface area (Å²) >= 11 is 0. The van der Waals surface area contributed by atoms with Crippen molar-refractivity contribution in [1.82, 2.24) is 15.1 Å². The molecular weight excluding hydrogens is 342 g/mol. The van der Waals surface area contributed by atoms with E-state index in [0.29, 0.717) is 19.6 Å². The van der Waals surface area contributed by atoms with E-state index in [1.807, 2.05) is 38.4 Å². The first kappa shape index (κ1) is 19.2. The third-order valence-corrected chi connectivity index (χ3v) is 5.07. The van der Waals surface area contributed by atoms with E-state index in [2.05, 4.69) is 22.3 Å². The van der Waals surface area contributed by atoms with Crippen molar-refractivity contribution in [3.05, 3.63) is 60.1 Å². The Morgan fingerprint density at radius 3 is 2.70 bits per heavy atom. The Balaban J connectivity index is 1.51. The van der Waals surface area contributed by atoms with Crippen molar-refractivity contribution in [2.75, 3.05) is 27.2 Å². The van der Waals surface area contributed by atoms with Gasteiger partial charge in [0.05, 0.1) is 18.7 Å². The van der Waals surface area contributed by atoms with E-state index in [0.717, 1.165) is 12.2 Å². The third-order valence-electron chi connectivity index (χ3n) is 5.07. The fraction of sp³-hybridized carbons (Fsp3) is 0.429. The van der Waals surface area contributed by atoms with E-state index in [1.54, 1.807) is 17.2 Å². The lowest BCUT2D eigenvalue weighted by molar-refractivity contribution is -0.129. The Morgan fingerprint density at radius 2 is 2.04 bits per heavy atom. The zero-order valence-electron chi connectivity index (χ0n) is 15.9. The predicted molar refractivity (Wildman–Crippen MR) is 103 cm³/mol. The molecule has 2 amide bonds. The van der Waals surface area contributed by atoms with Gasteiger partial charge in [-0.15, -0.1) is 0 Å². The number of benzene rings is 1. The number of hydrogen-bond acceptors (Lipinski definition) is 4. The van der Waals surface area contributed by atoms with Gasteiger partial charge in [0.1, 0.15) is 5.76 Å². The molecule has 27 heavy (non-hydrogen) atoms. The summed E-state index contributed by atoms with van der Waals surface area (Å²) in [7, 11) is 4.04. The van der Waals surface area contributed by atoms with Crippen LogP contribution in [0.25, 0.3) is 0 Å². The fourth-order valence-corrected chi connectivity index (χ4v) is 3.38. The summed E-state index contributed by atoms with van der Waals surface area (Å²) < 4.78 is 5.30. The standard InChI is InChI=1S/C21H27N3O3/c1-23(2)18(11-16-7-4-3-5-8-16)13-22-21(26)17-12-20(25)24(14-17)15-19-9-6-10-27-19/h3-10,17-18H,11-15H2,1-2H3,(H,22,26). The molecule has 6 nitrogen and oxygen atoms in total. The quantitative estimate of drug-likeness (QED) is 0.772. The largest absolute Gasteiger partial charge is 0.467 e. The maximum absolute atomic E-state index is 12.6. The van der Waals surface area contributed by atoms with Crippen LogP contribution >= 0.6 is 0 Å². The highest BCUT2D eigenvalue weighted by Gasteiger charge is 2.34. The van der Waals surface area contributed by atoms with Gasteiger partial charge in [-0.3, -0.25) is 9.59 Å². The molecule has 2 unspecified atom stereocenters. The van der Waals surface area contributed by atoms with Crippen molar-refractivity contribution in [3.8, 4) is 0 Å². The number of hydrogen-bond donors (Lipinski definition) is 1. The van der Waals surface area contributed by atoms with Crippen LogP contribution in [0.1, 0.15) is 17.7 Å². The first-order valence-corrected chi connectivity index (χ1v) is 9.31. The van der Waals surface area contributed by atoms with Gasteiger partial charge in [-0.05, 0) is 38.2 Å². The maximum Gasteiger partial charge on any atom is 0.225 e. The molecule has 1 aliphatic heterocycles. The van der Waals surface area contributed by atoms with E-state index in [-0.39, 0.29) is 30.2 Å². The first-order valence-electron chi connectivity index (χ1n) is 9.31. The number of carbonyl (C=O) groups excluding carboxylic acids is 2. The van der Waals surface area contributed by atoms with Crippen LogP contribution in [-0.2, 0) is 22.6 Å². The van der Waals surface area contributed by atoms with Gasteiger partial charge >= 0.3 is 0 Å². The van der Waals surface area contributed by atoms with Gasteiger partial charge in [-0.2, -0.15) is 0 Å². The molecule has 0 saturated carbocycles. The number of rotatable bonds is 8. The molecule has 2 aromatic rings. The van der Waals surface area contributed by atoms with Gasteiger partial charge in [-0.25, -0.2) is 0 Å². The van der Waals surface area contributed by atoms with Crippen LogP contribution in [0.3, 0.4) is 0 Å². The Morgan fingerprint density at radius 1 is 1.26 bits per heavy atom. The van der Waals surface area contributed by atoms with Crippen molar-refractivity contribution >= 4 is 11.8 Å². The molecule has 1 aromatic carbocycles. The lowest BCUT2D eigenvalue weighted by Gasteiger charge is -2.25. The minimum atomic E-state index is -0.299. The Kier molecular flexibility index (Phi) is 6.29. The number of amides is 2. The number of carbonyl (C=O) groups is 2. The average Bonchev–Trinajstić information content (AvgIpc) is 3.29. The highest BCUT2D eigenvalue weighted by molar-refractivity contribution is 5.89. The maximum atomic E-state index is 12.6. The van der Waals surface area contributed by atoms with Crippen molar-refractivity contribution < 1.29 is 14.0 Å². The molecule has 1 saturated heterocycles. The normalized spacial score (nSPS) is 18.1. The van der Waals surface area contributed by atoms with Gasteiger partial charge in [0.25, 0.3) is 0 Å². The fourth-order valence-electron chi connectivity index (χ4n) is 3.38. The highest BCUT2D eigenvalue weighted by Crippen LogP contribution is 2.20. The van der Waals surface area contributed by atoms with Crippen molar-refractivity contribution in [2.24, 2.45) is 5.92 Å². The Hall–Kier alpha value is -2.60. The third kappa shape index (κ3) is 5.20. The summed E-state index contributed by atoms with van der Waals surface area (Å²) in [6.07, 6.45) is 2.72. The van der Waals surface area contributed by atoms with Crippen molar-refractivity contribution in [3.63, 3.8) is 0 Å². The molecule has 0 bridgehead atoms. The van der Waals surface area contributed by atoms with Crippen molar-refractivity contribution in [1.29, 1.82) is 0 Å². The average molecular weight is 369 g/mol. The Labute approximate surface area is 160 Å². The second-order valence-electron chi connectivity index (χ2n) is 7.31. The van der Waals surface area contributed by atoms with Gasteiger partial charge in [-0.1, -0.05) is 30.3 Å². The molecule has 0 spiro atoms. The van der Waals surface area contributed by atoms with Gasteiger partial charge in [0.2, 0.25) is 11.8 Å². The van der Waals surface area contributed by atoms with Gasteiger partial charge in [0, 0.05) is 25.6 Å². The SMILES string of the molecule is CN(C)C(CNC(=O)C1CC(=O)N(Cc2ccco2)C1)Cc1ccccc1. The molecule has 1 aromatic heterocycles. The number of likely N-dealkylation sites (tertiary alicyclic amines) is 1. The van der Waals surface area contributed by atoms with Crippen molar-refractivity contribution in [2.45, 2.75) is 25.4 Å². The monoisotopic (exact) mass is 369 g/mol. The zero-order chi connectivity index (χ0) is 19.2. The minimum Gasteiger partial charge on any atom is -0.467 e. The van der Waals surface area contributed by atoms with Crippen LogP contribution in [0.2, 0.25) is 0 Å². The Bertz CT molecular complexity index is 743. The second kappa shape index (κ2) is 8.86. The molecule has 1 aliphatic rings. The number of nitrogens with zero attached hydrogens (tertiary/aromatic N) is 2. The molecule has 2 atom stereocenters. The van der Waals surface area contributed by atoms with Crippen LogP contribution < -0.4 is 5.32 Å². The topological polar surface area (TPSA) is 65.8 Å². The van der Waals surface area contributed by atoms with Crippen LogP contribution in [-0.4, -0.2) is 54.8 Å². The van der Waals surface area contributed by atoms with Crippen LogP contribution in [0, 0.1) is 5.92 Å². The molecule has 6 heteroatoms. The van der Waals surface area contributed by atoms with E-state index in [9.17, 15) is 9.59 Å². The lowest BCUT2D eigenvalue weighted by atomic mass is 10.0. The molecule has 3 rings (SSSR count). The smallest absolute Gasteiger partial charge is 0.225 e. The van der Waals surface area contributed by atoms with Crippen LogP contribution in [0.4, 0.5) is 0 Å². The van der Waals surface area contributed by atoms with E-state index in [1.165, 1.54) is 5.56 Å². The van der Waals surface area contributed by atoms with E-state index >= 15 is 0 Å². The zero-order valence-corrected chi connectivity index (χ0v) is 15.9. The summed E-state index contributed by atoms with van der Waals surface area (Å²) in [6, 6.07) is 14.1. The molecular formula is C21H27N3O3. The van der Waals surface area contributed by atoms with Crippen LogP contribution in [0.15, 0.2) is 53.1 Å². The minimum absolute atomic E-state index is 0.00000450. The predicted octanol–water partition coefficient (Wildman–Crippen LogP) is 1.92. The van der Waals surface area contributed by atoms with Gasteiger partial charge < -0.3 is 19.5 Å². The summed E-state index contributed by atoms with van der Waals surface area (Å²) in [4.78, 5) is 28.6. The second-order valence-corrected chi connectivity index (χ2v) is 7.31. The lowest BCUT2D eigenvalue weighted by Crippen LogP contribution is -2.43. The van der Waals surface area contributed by atoms with Crippen LogP contribution in [0.5, 0.6) is 0 Å². The molecule has 0 aliphatic carbocycles. The highest BCUT2D eigenvalue weighted by atomic mass is 16.3. The van der Waals surface area contributed by atoms with E-state index < -0.39 is 0 Å². The summed E-state index contributed by atoms with van der Waals surface area (Å²) in [5.41, 5.74) is 1.24. The molecule has 2 heterocycles. The molecule has 1 N–H and O–H groups in total. The van der Waals surface area contributed by atoms with E-state index in [4.69, 9.17) is 4.42 Å². The number of furan rings is 1. The summed E-state index contributed by atoms with van der Waals surface area (Å²) in [6.45, 7) is 1.42. The molecule has 0 radical (unpaired) electrons.